The number of aliphatic carboxylic acids is 1. The molecule has 1 aliphatic heterocycles. The van der Waals surface area contributed by atoms with Crippen LogP contribution in [0.4, 0.5) is 0 Å². The molecule has 94 valence electrons. The number of alkyl halides is 2. The standard InChI is InChI=1S/C10H11Cl2NO4/c11-6-1-4-5(2-7(6)12)10(17)13(9(4)16)3-8(14)15/h4-7H,1-3H2,(H,14,15)/t4-,5+,6-,7-/m0/s1. The van der Waals surface area contributed by atoms with Gasteiger partial charge < -0.3 is 5.11 Å². The number of halogens is 2. The van der Waals surface area contributed by atoms with Gasteiger partial charge in [0.05, 0.1) is 22.6 Å². The molecule has 1 saturated carbocycles. The third kappa shape index (κ3) is 2.13. The first-order chi connectivity index (χ1) is 7.91. The molecule has 0 bridgehead atoms. The molecule has 1 N–H and O–H groups in total. The van der Waals surface area contributed by atoms with Crippen molar-refractivity contribution in [2.45, 2.75) is 23.6 Å². The van der Waals surface area contributed by atoms with E-state index in [1.165, 1.54) is 0 Å². The van der Waals surface area contributed by atoms with Crippen LogP contribution in [0.1, 0.15) is 12.8 Å². The fourth-order valence-electron chi connectivity index (χ4n) is 2.45. The molecule has 17 heavy (non-hydrogen) atoms. The summed E-state index contributed by atoms with van der Waals surface area (Å²) in [5, 5.41) is 7.95. The van der Waals surface area contributed by atoms with E-state index in [2.05, 4.69) is 0 Å². The Morgan fingerprint density at radius 2 is 1.59 bits per heavy atom. The van der Waals surface area contributed by atoms with Crippen molar-refractivity contribution in [2.24, 2.45) is 11.8 Å². The topological polar surface area (TPSA) is 74.7 Å². The van der Waals surface area contributed by atoms with Gasteiger partial charge in [-0.25, -0.2) is 0 Å². The van der Waals surface area contributed by atoms with Gasteiger partial charge in [0.1, 0.15) is 6.54 Å². The van der Waals surface area contributed by atoms with Crippen molar-refractivity contribution in [1.29, 1.82) is 0 Å². The van der Waals surface area contributed by atoms with Crippen molar-refractivity contribution in [2.75, 3.05) is 6.54 Å². The third-order valence-corrected chi connectivity index (χ3v) is 4.39. The molecular formula is C10H11Cl2NO4. The Labute approximate surface area is 108 Å². The van der Waals surface area contributed by atoms with Gasteiger partial charge in [-0.05, 0) is 12.8 Å². The number of fused-ring (bicyclic) bond motifs is 1. The molecule has 0 aromatic carbocycles. The first-order valence-corrected chi connectivity index (χ1v) is 6.14. The molecule has 2 amide bonds. The van der Waals surface area contributed by atoms with Gasteiger partial charge in [-0.1, -0.05) is 0 Å². The van der Waals surface area contributed by atoms with E-state index in [0.29, 0.717) is 12.8 Å². The van der Waals surface area contributed by atoms with Crippen LogP contribution in [-0.2, 0) is 14.4 Å². The number of imide groups is 1. The summed E-state index contributed by atoms with van der Waals surface area (Å²) in [4.78, 5) is 35.1. The fourth-order valence-corrected chi connectivity index (χ4v) is 3.04. The number of nitrogens with zero attached hydrogens (tertiary/aromatic N) is 1. The van der Waals surface area contributed by atoms with Gasteiger partial charge in [-0.15, -0.1) is 23.2 Å². The molecule has 5 nitrogen and oxygen atoms in total. The first kappa shape index (κ1) is 12.6. The zero-order valence-electron chi connectivity index (χ0n) is 8.81. The number of carboxylic acids is 1. The third-order valence-electron chi connectivity index (χ3n) is 3.30. The number of carbonyl (C=O) groups excluding carboxylic acids is 2. The molecule has 1 saturated heterocycles. The fraction of sp³-hybridized carbons (Fsp3) is 0.700. The number of carboxylic acid groups (broad SMARTS) is 1. The average molecular weight is 280 g/mol. The van der Waals surface area contributed by atoms with Crippen molar-refractivity contribution in [3.05, 3.63) is 0 Å². The summed E-state index contributed by atoms with van der Waals surface area (Å²) in [7, 11) is 0. The Morgan fingerprint density at radius 1 is 1.18 bits per heavy atom. The largest absolute Gasteiger partial charge is 0.480 e. The molecule has 4 atom stereocenters. The van der Waals surface area contributed by atoms with Crippen LogP contribution in [0.25, 0.3) is 0 Å². The maximum atomic E-state index is 11.9. The number of rotatable bonds is 2. The van der Waals surface area contributed by atoms with E-state index in [-0.39, 0.29) is 10.8 Å². The maximum absolute atomic E-state index is 11.9. The van der Waals surface area contributed by atoms with Crippen molar-refractivity contribution in [1.82, 2.24) is 4.90 Å². The van der Waals surface area contributed by atoms with E-state index in [0.717, 1.165) is 4.90 Å². The Hall–Kier alpha value is -0.810. The average Bonchev–Trinajstić information content (AvgIpc) is 2.45. The Balaban J connectivity index is 2.19. The molecule has 0 unspecified atom stereocenters. The molecular weight excluding hydrogens is 269 g/mol. The van der Waals surface area contributed by atoms with Gasteiger partial charge in [0.2, 0.25) is 11.8 Å². The molecule has 0 radical (unpaired) electrons. The van der Waals surface area contributed by atoms with Crippen LogP contribution in [0.2, 0.25) is 0 Å². The van der Waals surface area contributed by atoms with Crippen LogP contribution in [0.3, 0.4) is 0 Å². The SMILES string of the molecule is O=C(O)CN1C(=O)[C@H]2C[C@H](Cl)[C@@H](Cl)C[C@H]2C1=O. The van der Waals surface area contributed by atoms with Crippen LogP contribution < -0.4 is 0 Å². The van der Waals surface area contributed by atoms with Crippen LogP contribution in [0.15, 0.2) is 0 Å². The van der Waals surface area contributed by atoms with Gasteiger partial charge in [-0.3, -0.25) is 19.3 Å². The van der Waals surface area contributed by atoms with Crippen LogP contribution in [-0.4, -0.2) is 45.1 Å². The van der Waals surface area contributed by atoms with Gasteiger partial charge >= 0.3 is 5.97 Å². The van der Waals surface area contributed by atoms with Gasteiger partial charge in [0, 0.05) is 0 Å². The van der Waals surface area contributed by atoms with Crippen LogP contribution >= 0.6 is 23.2 Å². The van der Waals surface area contributed by atoms with E-state index >= 15 is 0 Å². The zero-order chi connectivity index (χ0) is 12.7. The first-order valence-electron chi connectivity index (χ1n) is 5.27. The molecule has 1 heterocycles. The summed E-state index contributed by atoms with van der Waals surface area (Å²) >= 11 is 11.9. The predicted molar refractivity (Wildman–Crippen MR) is 59.9 cm³/mol. The second-order valence-electron chi connectivity index (χ2n) is 4.37. The highest BCUT2D eigenvalue weighted by molar-refractivity contribution is 6.30. The quantitative estimate of drug-likeness (QED) is 0.596. The monoisotopic (exact) mass is 279 g/mol. The van der Waals surface area contributed by atoms with Gasteiger partial charge in [0.15, 0.2) is 0 Å². The minimum atomic E-state index is -1.20. The zero-order valence-corrected chi connectivity index (χ0v) is 10.3. The molecule has 0 aromatic heterocycles. The molecule has 0 spiro atoms. The smallest absolute Gasteiger partial charge is 0.323 e. The molecule has 2 fully saturated rings. The summed E-state index contributed by atoms with van der Waals surface area (Å²) in [6, 6.07) is 0. The summed E-state index contributed by atoms with van der Waals surface area (Å²) in [6.07, 6.45) is 0.669. The number of carbonyl (C=O) groups is 3. The summed E-state index contributed by atoms with van der Waals surface area (Å²) < 4.78 is 0. The van der Waals surface area contributed by atoms with Crippen LogP contribution in [0.5, 0.6) is 0 Å². The van der Waals surface area contributed by atoms with E-state index in [1.54, 1.807) is 0 Å². The number of hydrogen-bond acceptors (Lipinski definition) is 3. The summed E-state index contributed by atoms with van der Waals surface area (Å²) in [6.45, 7) is -0.579. The van der Waals surface area contributed by atoms with E-state index < -0.39 is 36.2 Å². The van der Waals surface area contributed by atoms with Gasteiger partial charge in [-0.2, -0.15) is 0 Å². The Morgan fingerprint density at radius 3 is 1.94 bits per heavy atom. The minimum absolute atomic E-state index is 0.334. The number of likely N-dealkylation sites (tertiary alicyclic amines) is 1. The normalized spacial score (nSPS) is 37.2. The predicted octanol–water partition coefficient (Wildman–Crippen LogP) is 0.681. The minimum Gasteiger partial charge on any atom is -0.480 e. The highest BCUT2D eigenvalue weighted by atomic mass is 35.5. The maximum Gasteiger partial charge on any atom is 0.323 e. The van der Waals surface area contributed by atoms with Crippen molar-refractivity contribution in [3.8, 4) is 0 Å². The van der Waals surface area contributed by atoms with Crippen molar-refractivity contribution < 1.29 is 19.5 Å². The lowest BCUT2D eigenvalue weighted by molar-refractivity contribution is -0.149. The lowest BCUT2D eigenvalue weighted by Crippen LogP contribution is -2.35. The lowest BCUT2D eigenvalue weighted by Gasteiger charge is -2.28. The summed E-state index contributed by atoms with van der Waals surface area (Å²) in [5.74, 6) is -3.07. The second-order valence-corrected chi connectivity index (χ2v) is 5.49. The molecule has 2 rings (SSSR count). The molecule has 7 heteroatoms. The highest BCUT2D eigenvalue weighted by Gasteiger charge is 2.52. The molecule has 1 aliphatic carbocycles. The van der Waals surface area contributed by atoms with Gasteiger partial charge in [0.25, 0.3) is 0 Å². The second kappa shape index (κ2) is 4.46. The van der Waals surface area contributed by atoms with Crippen LogP contribution in [0, 0.1) is 11.8 Å². The Bertz CT molecular complexity index is 359. The highest BCUT2D eigenvalue weighted by Crippen LogP contribution is 2.41. The summed E-state index contributed by atoms with van der Waals surface area (Å²) in [5.41, 5.74) is 0. The van der Waals surface area contributed by atoms with E-state index in [4.69, 9.17) is 28.3 Å². The lowest BCUT2D eigenvalue weighted by atomic mass is 9.80. The molecule has 2 aliphatic rings. The Kier molecular flexibility index (Phi) is 3.32. The molecule has 0 aromatic rings. The number of hydrogen-bond donors (Lipinski definition) is 1. The van der Waals surface area contributed by atoms with E-state index in [1.807, 2.05) is 0 Å². The van der Waals surface area contributed by atoms with E-state index in [9.17, 15) is 14.4 Å². The number of amides is 2. The van der Waals surface area contributed by atoms with Crippen molar-refractivity contribution in [3.63, 3.8) is 0 Å². The van der Waals surface area contributed by atoms with Crippen molar-refractivity contribution >= 4 is 41.0 Å².